The molecule has 2 heteroatoms. The smallest absolute Gasteiger partial charge is 0.150 e. The van der Waals surface area contributed by atoms with Gasteiger partial charge in [-0.25, -0.2) is 0 Å². The molecule has 0 unspecified atom stereocenters. The van der Waals surface area contributed by atoms with Gasteiger partial charge in [-0.1, -0.05) is 32.9 Å². The van der Waals surface area contributed by atoms with Gasteiger partial charge >= 0.3 is 0 Å². The third-order valence-electron chi connectivity index (χ3n) is 3.19. The Hall–Kier alpha value is -2.09. The summed E-state index contributed by atoms with van der Waals surface area (Å²) in [7, 11) is 0. The second-order valence-corrected chi connectivity index (χ2v) is 6.04. The number of rotatable bonds is 3. The molecule has 0 N–H and O–H groups in total. The summed E-state index contributed by atoms with van der Waals surface area (Å²) in [6.07, 6.45) is 0.830. The molecule has 0 fully saturated rings. The number of aldehydes is 1. The van der Waals surface area contributed by atoms with Crippen molar-refractivity contribution in [1.29, 1.82) is 0 Å². The van der Waals surface area contributed by atoms with Crippen LogP contribution in [0, 0.1) is 6.92 Å². The highest BCUT2D eigenvalue weighted by Crippen LogP contribution is 2.34. The maximum absolute atomic E-state index is 10.7. The second-order valence-electron chi connectivity index (χ2n) is 6.04. The Morgan fingerprint density at radius 2 is 1.65 bits per heavy atom. The first kappa shape index (κ1) is 14.3. The molecule has 2 aromatic rings. The molecule has 0 radical (unpaired) electrons. The fourth-order valence-corrected chi connectivity index (χ4v) is 2.08. The number of aryl methyl sites for hydroxylation is 1. The lowest BCUT2D eigenvalue weighted by Crippen LogP contribution is -2.12. The van der Waals surface area contributed by atoms with Crippen molar-refractivity contribution in [3.05, 3.63) is 59.2 Å². The summed E-state index contributed by atoms with van der Waals surface area (Å²) in [5.74, 6) is 1.61. The molecule has 0 aliphatic heterocycles. The van der Waals surface area contributed by atoms with Crippen LogP contribution in [0.4, 0.5) is 0 Å². The quantitative estimate of drug-likeness (QED) is 0.740. The summed E-state index contributed by atoms with van der Waals surface area (Å²) in [6.45, 7) is 8.55. The lowest BCUT2D eigenvalue weighted by atomic mass is 9.86. The molecule has 0 aromatic heterocycles. The van der Waals surface area contributed by atoms with Crippen molar-refractivity contribution < 1.29 is 9.53 Å². The van der Waals surface area contributed by atoms with Gasteiger partial charge in [0.05, 0.1) is 0 Å². The van der Waals surface area contributed by atoms with E-state index in [-0.39, 0.29) is 5.41 Å². The molecular formula is C18H20O2. The van der Waals surface area contributed by atoms with Gasteiger partial charge in [-0.05, 0) is 48.2 Å². The Morgan fingerprint density at radius 1 is 1.00 bits per heavy atom. The standard InChI is InChI=1S/C18H20O2/c1-13-5-10-16(18(2,3)4)17(11-13)20-15-8-6-14(12-19)7-9-15/h5-12H,1-4H3. The maximum atomic E-state index is 10.7. The Kier molecular flexibility index (Phi) is 3.93. The van der Waals surface area contributed by atoms with Crippen molar-refractivity contribution >= 4 is 6.29 Å². The van der Waals surface area contributed by atoms with Crippen molar-refractivity contribution in [3.8, 4) is 11.5 Å². The minimum Gasteiger partial charge on any atom is -0.457 e. The molecule has 0 heterocycles. The van der Waals surface area contributed by atoms with E-state index < -0.39 is 0 Å². The van der Waals surface area contributed by atoms with Crippen LogP contribution in [-0.4, -0.2) is 6.29 Å². The number of ether oxygens (including phenoxy) is 1. The minimum atomic E-state index is 0.0196. The summed E-state index contributed by atoms with van der Waals surface area (Å²) in [6, 6.07) is 13.4. The summed E-state index contributed by atoms with van der Waals surface area (Å²) >= 11 is 0. The van der Waals surface area contributed by atoms with Crippen molar-refractivity contribution in [2.75, 3.05) is 0 Å². The summed E-state index contributed by atoms with van der Waals surface area (Å²) in [4.78, 5) is 10.7. The Morgan fingerprint density at radius 3 is 2.20 bits per heavy atom. The first-order chi connectivity index (χ1) is 9.40. The molecule has 2 rings (SSSR count). The van der Waals surface area contributed by atoms with Crippen LogP contribution < -0.4 is 4.74 Å². The highest BCUT2D eigenvalue weighted by atomic mass is 16.5. The van der Waals surface area contributed by atoms with Gasteiger partial charge in [-0.3, -0.25) is 4.79 Å². The molecule has 0 aliphatic rings. The number of benzene rings is 2. The molecule has 0 bridgehead atoms. The number of hydrogen-bond donors (Lipinski definition) is 0. The molecule has 0 aliphatic carbocycles. The van der Waals surface area contributed by atoms with Crippen LogP contribution in [0.15, 0.2) is 42.5 Å². The SMILES string of the molecule is Cc1ccc(C(C)(C)C)c(Oc2ccc(C=O)cc2)c1. The molecule has 0 spiro atoms. The molecule has 0 saturated heterocycles. The van der Waals surface area contributed by atoms with Crippen molar-refractivity contribution in [2.24, 2.45) is 0 Å². The van der Waals surface area contributed by atoms with Crippen LogP contribution >= 0.6 is 0 Å². The Labute approximate surface area is 120 Å². The van der Waals surface area contributed by atoms with Crippen molar-refractivity contribution in [2.45, 2.75) is 33.1 Å². The van der Waals surface area contributed by atoms with E-state index in [1.54, 1.807) is 12.1 Å². The minimum absolute atomic E-state index is 0.0196. The monoisotopic (exact) mass is 268 g/mol. The zero-order valence-electron chi connectivity index (χ0n) is 12.4. The van der Waals surface area contributed by atoms with Gasteiger partial charge in [-0.2, -0.15) is 0 Å². The van der Waals surface area contributed by atoms with Gasteiger partial charge in [0.1, 0.15) is 17.8 Å². The zero-order chi connectivity index (χ0) is 14.8. The van der Waals surface area contributed by atoms with E-state index in [2.05, 4.69) is 39.8 Å². The van der Waals surface area contributed by atoms with Gasteiger partial charge < -0.3 is 4.74 Å². The topological polar surface area (TPSA) is 26.3 Å². The van der Waals surface area contributed by atoms with E-state index in [0.29, 0.717) is 5.56 Å². The van der Waals surface area contributed by atoms with E-state index in [9.17, 15) is 4.79 Å². The van der Waals surface area contributed by atoms with E-state index in [0.717, 1.165) is 23.3 Å². The molecule has 2 aromatic carbocycles. The lowest BCUT2D eigenvalue weighted by molar-refractivity contribution is 0.112. The lowest BCUT2D eigenvalue weighted by Gasteiger charge is -2.23. The third-order valence-corrected chi connectivity index (χ3v) is 3.19. The molecule has 0 atom stereocenters. The third kappa shape index (κ3) is 3.27. The first-order valence-electron chi connectivity index (χ1n) is 6.74. The maximum Gasteiger partial charge on any atom is 0.150 e. The van der Waals surface area contributed by atoms with Crippen LogP contribution in [0.5, 0.6) is 11.5 Å². The summed E-state index contributed by atoms with van der Waals surface area (Å²) in [5, 5.41) is 0. The average Bonchev–Trinajstić information content (AvgIpc) is 2.38. The highest BCUT2D eigenvalue weighted by molar-refractivity contribution is 5.74. The van der Waals surface area contributed by atoms with E-state index in [4.69, 9.17) is 4.74 Å². The molecule has 20 heavy (non-hydrogen) atoms. The van der Waals surface area contributed by atoms with Gasteiger partial charge in [0.2, 0.25) is 0 Å². The van der Waals surface area contributed by atoms with E-state index in [1.165, 1.54) is 5.56 Å². The fourth-order valence-electron chi connectivity index (χ4n) is 2.08. The summed E-state index contributed by atoms with van der Waals surface area (Å²) in [5.41, 5.74) is 3.00. The van der Waals surface area contributed by atoms with Crippen LogP contribution in [0.1, 0.15) is 42.3 Å². The first-order valence-corrected chi connectivity index (χ1v) is 6.74. The molecule has 104 valence electrons. The van der Waals surface area contributed by atoms with E-state index in [1.807, 2.05) is 18.2 Å². The van der Waals surface area contributed by atoms with Gasteiger partial charge in [0.25, 0.3) is 0 Å². The second kappa shape index (κ2) is 5.49. The van der Waals surface area contributed by atoms with Crippen LogP contribution in [0.3, 0.4) is 0 Å². The van der Waals surface area contributed by atoms with Crippen LogP contribution in [0.25, 0.3) is 0 Å². The fraction of sp³-hybridized carbons (Fsp3) is 0.278. The highest BCUT2D eigenvalue weighted by Gasteiger charge is 2.19. The molecule has 0 saturated carbocycles. The van der Waals surface area contributed by atoms with Crippen molar-refractivity contribution in [1.82, 2.24) is 0 Å². The van der Waals surface area contributed by atoms with E-state index >= 15 is 0 Å². The normalized spacial score (nSPS) is 11.2. The largest absolute Gasteiger partial charge is 0.457 e. The van der Waals surface area contributed by atoms with Gasteiger partial charge in [0, 0.05) is 11.1 Å². The number of carbonyl (C=O) groups is 1. The Balaban J connectivity index is 2.36. The van der Waals surface area contributed by atoms with Gasteiger partial charge in [0.15, 0.2) is 0 Å². The predicted octanol–water partition coefficient (Wildman–Crippen LogP) is 4.90. The molecule has 0 amide bonds. The number of hydrogen-bond acceptors (Lipinski definition) is 2. The van der Waals surface area contributed by atoms with Crippen LogP contribution in [-0.2, 0) is 5.41 Å². The van der Waals surface area contributed by atoms with Crippen molar-refractivity contribution in [3.63, 3.8) is 0 Å². The molecule has 2 nitrogen and oxygen atoms in total. The van der Waals surface area contributed by atoms with Crippen LogP contribution in [0.2, 0.25) is 0 Å². The molecular weight excluding hydrogens is 248 g/mol. The number of carbonyl (C=O) groups excluding carboxylic acids is 1. The zero-order valence-corrected chi connectivity index (χ0v) is 12.4. The predicted molar refractivity (Wildman–Crippen MR) is 81.8 cm³/mol. The van der Waals surface area contributed by atoms with Gasteiger partial charge in [-0.15, -0.1) is 0 Å². The Bertz CT molecular complexity index is 604. The average molecular weight is 268 g/mol. The summed E-state index contributed by atoms with van der Waals surface area (Å²) < 4.78 is 6.00.